The average molecular weight is 413 g/mol. The van der Waals surface area contributed by atoms with E-state index in [-0.39, 0.29) is 5.92 Å². The fourth-order valence-corrected chi connectivity index (χ4v) is 4.32. The lowest BCUT2D eigenvalue weighted by Gasteiger charge is -2.06. The van der Waals surface area contributed by atoms with Gasteiger partial charge in [-0.2, -0.15) is 0 Å². The number of rotatable bonds is 2. The molecule has 2 unspecified atom stereocenters. The van der Waals surface area contributed by atoms with Crippen molar-refractivity contribution in [2.24, 2.45) is 28.3 Å². The zero-order chi connectivity index (χ0) is 21.6. The Labute approximate surface area is 179 Å². The normalized spacial score (nSPS) is 19.3. The number of nitrogens with one attached hydrogen (secondary N) is 1. The van der Waals surface area contributed by atoms with Crippen LogP contribution in [-0.2, 0) is 25.7 Å². The lowest BCUT2D eigenvalue weighted by molar-refractivity contribution is 0.735. The van der Waals surface area contributed by atoms with Gasteiger partial charge in [0.15, 0.2) is 0 Å². The van der Waals surface area contributed by atoms with Gasteiger partial charge in [0, 0.05) is 23.9 Å². The highest BCUT2D eigenvalue weighted by atomic mass is 35.5. The van der Waals surface area contributed by atoms with E-state index in [4.69, 9.17) is 28.5 Å². The summed E-state index contributed by atoms with van der Waals surface area (Å²) in [5.41, 5.74) is 18.0. The zero-order valence-corrected chi connectivity index (χ0v) is 18.7. The number of aliphatic imine (C=N–C) groups is 1. The quantitative estimate of drug-likeness (QED) is 0.492. The Morgan fingerprint density at radius 2 is 1.48 bits per heavy atom. The van der Waals surface area contributed by atoms with E-state index in [0.717, 1.165) is 36.5 Å². The maximum Gasteiger partial charge on any atom is 0.0971 e. The van der Waals surface area contributed by atoms with Gasteiger partial charge in [0.1, 0.15) is 0 Å². The Bertz CT molecular complexity index is 888. The van der Waals surface area contributed by atoms with Crippen LogP contribution < -0.4 is 11.5 Å². The van der Waals surface area contributed by atoms with Crippen molar-refractivity contribution >= 4 is 23.3 Å². The number of benzene rings is 2. The second kappa shape index (κ2) is 10.4. The van der Waals surface area contributed by atoms with Gasteiger partial charge in [-0.25, -0.2) is 0 Å². The molecule has 2 aromatic carbocycles. The van der Waals surface area contributed by atoms with Gasteiger partial charge in [-0.3, -0.25) is 10.4 Å². The van der Waals surface area contributed by atoms with Crippen molar-refractivity contribution < 1.29 is 0 Å². The van der Waals surface area contributed by atoms with Gasteiger partial charge in [-0.05, 0) is 66.5 Å². The first-order valence-corrected chi connectivity index (χ1v) is 10.7. The van der Waals surface area contributed by atoms with Crippen LogP contribution in [0.4, 0.5) is 0 Å². The molecule has 0 saturated heterocycles. The molecule has 0 bridgehead atoms. The van der Waals surface area contributed by atoms with Crippen molar-refractivity contribution in [2.75, 3.05) is 7.05 Å². The number of nitrogens with zero attached hydrogens (tertiary/aromatic N) is 1. The predicted molar refractivity (Wildman–Crippen MR) is 125 cm³/mol. The minimum Gasteiger partial charge on any atom is -0.387 e. The van der Waals surface area contributed by atoms with E-state index in [9.17, 15) is 0 Å². The maximum absolute atomic E-state index is 7.42. The van der Waals surface area contributed by atoms with Crippen LogP contribution in [0.15, 0.2) is 41.4 Å². The Kier molecular flexibility index (Phi) is 8.27. The van der Waals surface area contributed by atoms with Crippen molar-refractivity contribution in [2.45, 2.75) is 46.5 Å². The average Bonchev–Trinajstić information content (AvgIpc) is 3.35. The first kappa shape index (κ1) is 23.0. The summed E-state index contributed by atoms with van der Waals surface area (Å²) in [4.78, 5) is 4.03. The summed E-state index contributed by atoms with van der Waals surface area (Å²) in [6, 6.07) is 12.4. The summed E-state index contributed by atoms with van der Waals surface area (Å²) in [5.74, 6) is 1.65. The monoisotopic (exact) mass is 412 g/mol. The second-order valence-electron chi connectivity index (χ2n) is 7.40. The molecule has 2 aromatic rings. The van der Waals surface area contributed by atoms with Gasteiger partial charge < -0.3 is 11.5 Å². The van der Waals surface area contributed by atoms with Gasteiger partial charge in [0.05, 0.1) is 11.7 Å². The lowest BCUT2D eigenvalue weighted by Crippen LogP contribution is -2.23. The predicted octanol–water partition coefficient (Wildman–Crippen LogP) is 4.71. The molecule has 4 nitrogen and oxygen atoms in total. The zero-order valence-electron chi connectivity index (χ0n) is 17.9. The minimum atomic E-state index is 0.246. The molecule has 0 saturated carbocycles. The molecular weight excluding hydrogens is 380 g/mol. The Balaban J connectivity index is 0.000000191. The smallest absolute Gasteiger partial charge is 0.0971 e. The third kappa shape index (κ3) is 5.39. The van der Waals surface area contributed by atoms with Crippen molar-refractivity contribution in [3.63, 3.8) is 0 Å². The maximum atomic E-state index is 7.42. The van der Waals surface area contributed by atoms with Crippen LogP contribution in [0.3, 0.4) is 0 Å². The van der Waals surface area contributed by atoms with Crippen LogP contribution in [0.25, 0.3) is 0 Å². The van der Waals surface area contributed by atoms with Gasteiger partial charge in [0.2, 0.25) is 0 Å². The Hall–Kier alpha value is -2.33. The first-order chi connectivity index (χ1) is 13.9. The molecule has 5 heteroatoms. The fraction of sp³-hybridized carbons (Fsp3) is 0.417. The van der Waals surface area contributed by atoms with Gasteiger partial charge in [-0.1, -0.05) is 55.8 Å². The standard InChI is InChI=1S/C11H13ClN2.C11H14N2.C2H6/c1-14-11(13)8-5-7-3-2-4-10(12)9(7)6-8;1-7-3-2-4-8-5-9(11(12)13)6-10(7)8;1-2/h2-4,8H,5-6H2,1H3,(H2,13,14);2-4,9H,5-6H2,1H3,(H3,12,13);1-2H3. The number of hydrogen-bond acceptors (Lipinski definition) is 2. The highest BCUT2D eigenvalue weighted by Crippen LogP contribution is 2.32. The molecule has 0 heterocycles. The lowest BCUT2D eigenvalue weighted by atomic mass is 10.0. The van der Waals surface area contributed by atoms with Gasteiger partial charge >= 0.3 is 0 Å². The molecule has 0 aliphatic heterocycles. The van der Waals surface area contributed by atoms with Crippen LogP contribution >= 0.6 is 11.6 Å². The number of hydrogen-bond donors (Lipinski definition) is 3. The summed E-state index contributed by atoms with van der Waals surface area (Å²) < 4.78 is 0. The molecule has 5 N–H and O–H groups in total. The number of amidine groups is 2. The summed E-state index contributed by atoms with van der Waals surface area (Å²) in [6.07, 6.45) is 3.81. The number of aryl methyl sites for hydroxylation is 1. The van der Waals surface area contributed by atoms with Gasteiger partial charge in [0.25, 0.3) is 0 Å². The molecule has 0 radical (unpaired) electrons. The highest BCUT2D eigenvalue weighted by molar-refractivity contribution is 6.31. The Morgan fingerprint density at radius 3 is 2.03 bits per heavy atom. The molecule has 4 rings (SSSR count). The van der Waals surface area contributed by atoms with E-state index >= 15 is 0 Å². The summed E-state index contributed by atoms with van der Waals surface area (Å²) in [6.45, 7) is 6.13. The summed E-state index contributed by atoms with van der Waals surface area (Å²) in [7, 11) is 1.74. The molecule has 2 aliphatic carbocycles. The number of halogens is 1. The van der Waals surface area contributed by atoms with Crippen molar-refractivity contribution in [3.8, 4) is 0 Å². The first-order valence-electron chi connectivity index (χ1n) is 10.3. The van der Waals surface area contributed by atoms with E-state index in [0.29, 0.717) is 11.8 Å². The molecule has 0 amide bonds. The molecule has 29 heavy (non-hydrogen) atoms. The van der Waals surface area contributed by atoms with Crippen molar-refractivity contribution in [1.82, 2.24) is 0 Å². The van der Waals surface area contributed by atoms with Crippen molar-refractivity contribution in [3.05, 3.63) is 69.2 Å². The number of nitrogens with two attached hydrogens (primary N) is 2. The van der Waals surface area contributed by atoms with Crippen LogP contribution in [0.2, 0.25) is 5.02 Å². The summed E-state index contributed by atoms with van der Waals surface area (Å²) in [5, 5.41) is 8.27. The highest BCUT2D eigenvalue weighted by Gasteiger charge is 2.25. The minimum absolute atomic E-state index is 0.246. The Morgan fingerprint density at radius 1 is 0.931 bits per heavy atom. The second-order valence-corrected chi connectivity index (χ2v) is 7.81. The molecular formula is C24H33ClN4. The SMILES string of the molecule is CC.CN=C(N)C1Cc2cccc(Cl)c2C1.Cc1cccc2c1CC(C(=N)N)C2. The van der Waals surface area contributed by atoms with Crippen molar-refractivity contribution in [1.29, 1.82) is 5.41 Å². The van der Waals surface area contributed by atoms with Crippen LogP contribution in [0, 0.1) is 24.2 Å². The molecule has 2 aliphatic rings. The molecule has 156 valence electrons. The van der Waals surface area contributed by atoms with E-state index in [1.165, 1.54) is 27.8 Å². The third-order valence-electron chi connectivity index (χ3n) is 5.67. The molecule has 2 atom stereocenters. The molecule has 0 fully saturated rings. The van der Waals surface area contributed by atoms with Crippen LogP contribution in [0.5, 0.6) is 0 Å². The van der Waals surface area contributed by atoms with E-state index < -0.39 is 0 Å². The van der Waals surface area contributed by atoms with E-state index in [1.807, 2.05) is 26.0 Å². The number of fused-ring (bicyclic) bond motifs is 2. The third-order valence-corrected chi connectivity index (χ3v) is 6.03. The van der Waals surface area contributed by atoms with E-state index in [2.05, 4.69) is 36.2 Å². The molecule has 0 spiro atoms. The fourth-order valence-electron chi connectivity index (χ4n) is 4.05. The molecule has 0 aromatic heterocycles. The van der Waals surface area contributed by atoms with Gasteiger partial charge in [-0.15, -0.1) is 0 Å². The van der Waals surface area contributed by atoms with E-state index in [1.54, 1.807) is 7.05 Å². The summed E-state index contributed by atoms with van der Waals surface area (Å²) >= 11 is 6.10. The van der Waals surface area contributed by atoms with Crippen LogP contribution in [0.1, 0.15) is 41.7 Å². The largest absolute Gasteiger partial charge is 0.387 e. The topological polar surface area (TPSA) is 88.2 Å². The van der Waals surface area contributed by atoms with Crippen LogP contribution in [-0.4, -0.2) is 18.7 Å².